The summed E-state index contributed by atoms with van der Waals surface area (Å²) >= 11 is 0. The Hall–Kier alpha value is -2.20. The summed E-state index contributed by atoms with van der Waals surface area (Å²) in [5.74, 6) is -1.59. The first-order chi connectivity index (χ1) is 14.6. The van der Waals surface area contributed by atoms with Gasteiger partial charge in [-0.3, -0.25) is 9.69 Å². The Morgan fingerprint density at radius 3 is 2.26 bits per heavy atom. The number of carboxylic acids is 1. The summed E-state index contributed by atoms with van der Waals surface area (Å²) in [6.07, 6.45) is -1.26. The molecule has 0 spiro atoms. The maximum atomic E-state index is 11.6. The summed E-state index contributed by atoms with van der Waals surface area (Å²) in [6, 6.07) is 5.95. The number of aliphatic hydroxyl groups is 1. The van der Waals surface area contributed by atoms with Crippen LogP contribution in [0.3, 0.4) is 0 Å². The monoisotopic (exact) mass is 442 g/mol. The lowest BCUT2D eigenvalue weighted by atomic mass is 10.1. The van der Waals surface area contributed by atoms with E-state index in [0.717, 1.165) is 5.56 Å². The van der Waals surface area contributed by atoms with Gasteiger partial charge in [0.2, 0.25) is 0 Å². The minimum atomic E-state index is -1.17. The molecule has 1 aromatic carbocycles. The molecule has 0 aromatic heterocycles. The third-order valence-electron chi connectivity index (χ3n) is 4.47. The van der Waals surface area contributed by atoms with Crippen molar-refractivity contribution < 1.29 is 39.1 Å². The van der Waals surface area contributed by atoms with E-state index in [4.69, 9.17) is 24.4 Å². The molecule has 0 heterocycles. The van der Waals surface area contributed by atoms with Gasteiger partial charge in [-0.15, -0.1) is 0 Å². The van der Waals surface area contributed by atoms with Gasteiger partial charge in [0.25, 0.3) is 0 Å². The molecule has 0 amide bonds. The maximum absolute atomic E-state index is 11.6. The summed E-state index contributed by atoms with van der Waals surface area (Å²) in [4.78, 5) is 24.1. The Morgan fingerprint density at radius 1 is 1.10 bits per heavy atom. The summed E-state index contributed by atoms with van der Waals surface area (Å²) in [7, 11) is 0. The zero-order valence-corrected chi connectivity index (χ0v) is 18.7. The highest BCUT2D eigenvalue weighted by molar-refractivity contribution is 5.80. The van der Waals surface area contributed by atoms with Crippen molar-refractivity contribution >= 4 is 11.9 Å². The van der Waals surface area contributed by atoms with E-state index in [9.17, 15) is 14.7 Å². The highest BCUT2D eigenvalue weighted by Crippen LogP contribution is 2.15. The Balaban J connectivity index is 2.50. The molecule has 2 atom stereocenters. The fourth-order valence-electron chi connectivity index (χ4n) is 2.93. The van der Waals surface area contributed by atoms with Crippen molar-refractivity contribution in [1.29, 1.82) is 0 Å². The van der Waals surface area contributed by atoms with E-state index >= 15 is 0 Å². The predicted molar refractivity (Wildman–Crippen MR) is 115 cm³/mol. The normalized spacial score (nSPS) is 13.5. The lowest BCUT2D eigenvalue weighted by Gasteiger charge is -2.31. The number of carbonyl (C=O) groups is 2. The van der Waals surface area contributed by atoms with Crippen LogP contribution < -0.4 is 4.74 Å². The van der Waals surface area contributed by atoms with Gasteiger partial charge >= 0.3 is 11.9 Å². The second-order valence-electron chi connectivity index (χ2n) is 7.85. The first-order valence-electron chi connectivity index (χ1n) is 10.4. The molecule has 1 aromatic rings. The van der Waals surface area contributed by atoms with Crippen LogP contribution in [-0.2, 0) is 25.7 Å². The number of rotatable bonds is 16. The average Bonchev–Trinajstić information content (AvgIpc) is 2.68. The molecule has 2 unspecified atom stereocenters. The molecule has 0 radical (unpaired) electrons. The number of hydrogen-bond donors (Lipinski definition) is 2. The Kier molecular flexibility index (Phi) is 12.1. The summed E-state index contributed by atoms with van der Waals surface area (Å²) in [6.45, 7) is 9.00. The van der Waals surface area contributed by atoms with E-state index in [2.05, 4.69) is 0 Å². The molecular formula is C22H36NO8+. The Labute approximate surface area is 183 Å². The van der Waals surface area contributed by atoms with Crippen molar-refractivity contribution in [2.45, 2.75) is 65.0 Å². The summed E-state index contributed by atoms with van der Waals surface area (Å²) < 4.78 is 16.6. The number of carbonyl (C=O) groups excluding carboxylic acids is 1. The lowest BCUT2D eigenvalue weighted by Crippen LogP contribution is -2.50. The second-order valence-corrected chi connectivity index (χ2v) is 7.85. The number of benzene rings is 1. The van der Waals surface area contributed by atoms with Crippen molar-refractivity contribution in [3.63, 3.8) is 0 Å². The zero-order chi connectivity index (χ0) is 23.4. The largest absolute Gasteiger partial charge is 0.564 e. The van der Waals surface area contributed by atoms with Crippen LogP contribution in [0.25, 0.3) is 0 Å². The van der Waals surface area contributed by atoms with E-state index in [1.165, 1.54) is 4.90 Å². The quantitative estimate of drug-likeness (QED) is 0.288. The first-order valence-corrected chi connectivity index (χ1v) is 10.4. The van der Waals surface area contributed by atoms with Crippen molar-refractivity contribution in [1.82, 2.24) is 4.90 Å². The van der Waals surface area contributed by atoms with Gasteiger partial charge in [-0.1, -0.05) is 12.1 Å². The van der Waals surface area contributed by atoms with Crippen molar-refractivity contribution in [2.75, 3.05) is 26.4 Å². The number of carboxylic acid groups (broad SMARTS) is 1. The third kappa shape index (κ3) is 11.1. The van der Waals surface area contributed by atoms with Gasteiger partial charge in [-0.05, 0) is 45.4 Å². The molecule has 0 aliphatic carbocycles. The molecule has 0 aliphatic heterocycles. The van der Waals surface area contributed by atoms with Gasteiger partial charge in [-0.25, -0.2) is 0 Å². The second kappa shape index (κ2) is 14.0. The van der Waals surface area contributed by atoms with Crippen molar-refractivity contribution in [3.8, 4) is 5.75 Å². The molecule has 176 valence electrons. The van der Waals surface area contributed by atoms with Crippen LogP contribution in [0.15, 0.2) is 24.3 Å². The van der Waals surface area contributed by atoms with Gasteiger partial charge in [-0.2, -0.15) is 0 Å². The van der Waals surface area contributed by atoms with Gasteiger partial charge in [0, 0.05) is 17.4 Å². The van der Waals surface area contributed by atoms with Gasteiger partial charge in [0.05, 0.1) is 32.3 Å². The van der Waals surface area contributed by atoms with Gasteiger partial charge in [0.1, 0.15) is 18.5 Å². The number of hydrogen-bond acceptors (Lipinski definition) is 7. The fraction of sp³-hybridized carbons (Fsp3) is 0.636. The van der Waals surface area contributed by atoms with Crippen LogP contribution in [0.5, 0.6) is 5.75 Å². The average molecular weight is 443 g/mol. The van der Waals surface area contributed by atoms with E-state index in [1.807, 2.05) is 26.0 Å². The van der Waals surface area contributed by atoms with E-state index in [1.54, 1.807) is 26.0 Å². The van der Waals surface area contributed by atoms with E-state index in [-0.39, 0.29) is 25.3 Å². The van der Waals surface area contributed by atoms with Crippen LogP contribution in [0.4, 0.5) is 0 Å². The van der Waals surface area contributed by atoms with Crippen molar-refractivity contribution in [2.24, 2.45) is 0 Å². The zero-order valence-electron chi connectivity index (χ0n) is 18.7. The Bertz CT molecular complexity index is 662. The smallest absolute Gasteiger partial charge is 0.534 e. The minimum Gasteiger partial charge on any atom is -0.564 e. The van der Waals surface area contributed by atoms with Crippen LogP contribution in [0, 0.1) is 0 Å². The highest BCUT2D eigenvalue weighted by Gasteiger charge is 2.36. The molecule has 0 saturated heterocycles. The Morgan fingerprint density at radius 2 is 1.74 bits per heavy atom. The molecule has 1 rings (SSSR count). The molecule has 0 aliphatic rings. The SMILES string of the molecule is CC(C)OCCOCc1ccc(OCC(O)CN(C(C)C)C(CC(=O)O)C(=O)[OH2+])cc1. The molecular weight excluding hydrogens is 406 g/mol. The van der Waals surface area contributed by atoms with Crippen molar-refractivity contribution in [3.05, 3.63) is 29.8 Å². The number of ether oxygens (including phenoxy) is 3. The minimum absolute atomic E-state index is 0.0185. The van der Waals surface area contributed by atoms with Gasteiger partial charge in [0.15, 0.2) is 6.04 Å². The van der Waals surface area contributed by atoms with Crippen LogP contribution in [-0.4, -0.2) is 82.8 Å². The molecule has 31 heavy (non-hydrogen) atoms. The number of aliphatic carboxylic acids is 1. The molecule has 0 bridgehead atoms. The number of nitrogens with zero attached hydrogens (tertiary/aromatic N) is 1. The highest BCUT2D eigenvalue weighted by atomic mass is 16.5. The molecule has 9 nitrogen and oxygen atoms in total. The third-order valence-corrected chi connectivity index (χ3v) is 4.47. The van der Waals surface area contributed by atoms with Gasteiger partial charge < -0.3 is 29.5 Å². The molecule has 0 saturated carbocycles. The standard InChI is InChI=1S/C22H35NO8/c1-15(2)23(20(22(27)28)11-21(25)26)12-18(24)14-31-19-7-5-17(6-8-19)13-29-9-10-30-16(3)4/h5-8,15-16,18,20,24H,9-14H2,1-4H3,(H,25,26)(H,27,28)/p+1. The van der Waals surface area contributed by atoms with Crippen LogP contribution in [0.1, 0.15) is 39.7 Å². The fourth-order valence-corrected chi connectivity index (χ4v) is 2.93. The van der Waals surface area contributed by atoms with Crippen LogP contribution >= 0.6 is 0 Å². The topological polar surface area (TPSA) is 128 Å². The molecule has 4 N–H and O–H groups in total. The van der Waals surface area contributed by atoms with Crippen LogP contribution in [0.2, 0.25) is 0 Å². The van der Waals surface area contributed by atoms with E-state index < -0.39 is 30.5 Å². The lowest BCUT2D eigenvalue weighted by molar-refractivity contribution is -0.151. The summed E-state index contributed by atoms with van der Waals surface area (Å²) in [5, 5.41) is 26.7. The predicted octanol–water partition coefficient (Wildman–Crippen LogP) is 1.17. The number of aliphatic hydroxyl groups excluding tert-OH is 1. The molecule has 0 fully saturated rings. The molecule has 9 heteroatoms. The van der Waals surface area contributed by atoms with E-state index in [0.29, 0.717) is 25.6 Å². The summed E-state index contributed by atoms with van der Waals surface area (Å²) in [5.41, 5.74) is 0.980. The first kappa shape index (κ1) is 26.8. The maximum Gasteiger partial charge on any atom is 0.534 e.